The number of benzene rings is 5. The van der Waals surface area contributed by atoms with Crippen molar-refractivity contribution in [2.75, 3.05) is 6.26 Å². The maximum Gasteiger partial charge on any atom is 0.323 e. The lowest BCUT2D eigenvalue weighted by atomic mass is 9.92. The van der Waals surface area contributed by atoms with Crippen LogP contribution in [0.15, 0.2) is 149 Å². The highest BCUT2D eigenvalue weighted by molar-refractivity contribution is 7.90. The molecule has 0 aliphatic heterocycles. The number of sulfone groups is 1. The maximum atomic E-state index is 13.8. The predicted octanol–water partition coefficient (Wildman–Crippen LogP) is 10.8. The highest BCUT2D eigenvalue weighted by atomic mass is 32.2. The number of aryl methyl sites for hydroxylation is 2. The molecule has 0 fully saturated rings. The van der Waals surface area contributed by atoms with Gasteiger partial charge < -0.3 is 29.0 Å². The zero-order valence-electron chi connectivity index (χ0n) is 44.7. The van der Waals surface area contributed by atoms with Crippen LogP contribution in [-0.2, 0) is 79.6 Å². The number of nitrogens with zero attached hydrogens (tertiary/aromatic N) is 5. The van der Waals surface area contributed by atoms with E-state index in [4.69, 9.17) is 10.1 Å². The molecule has 20 heteroatoms. The summed E-state index contributed by atoms with van der Waals surface area (Å²) in [5, 5.41) is 31.2. The van der Waals surface area contributed by atoms with Gasteiger partial charge in [-0.05, 0) is 153 Å². The third-order valence-corrected chi connectivity index (χ3v) is 17.3. The van der Waals surface area contributed by atoms with Gasteiger partial charge in [0.2, 0.25) is 10.0 Å². The van der Waals surface area contributed by atoms with Crippen molar-refractivity contribution in [3.8, 4) is 0 Å². The topological polar surface area (TPSA) is 233 Å². The van der Waals surface area contributed by atoms with Gasteiger partial charge in [0, 0.05) is 93.4 Å². The van der Waals surface area contributed by atoms with Crippen molar-refractivity contribution in [1.29, 1.82) is 0 Å². The van der Waals surface area contributed by atoms with Crippen molar-refractivity contribution < 1.29 is 55.3 Å². The normalized spacial score (nSPS) is 13.2. The Kier molecular flexibility index (Phi) is 17.9. The summed E-state index contributed by atoms with van der Waals surface area (Å²) < 4.78 is 84.2. The fraction of sp³-hybridized carbons (Fsp3) is 0.242. The average Bonchev–Trinajstić information content (AvgIpc) is 2.77. The van der Waals surface area contributed by atoms with Gasteiger partial charge >= 0.3 is 17.9 Å². The maximum absolute atomic E-state index is 13.8. The zero-order chi connectivity index (χ0) is 57.9. The fourth-order valence-electron chi connectivity index (χ4n) is 10.7. The van der Waals surface area contributed by atoms with E-state index in [1.165, 1.54) is 30.5 Å². The smallest absolute Gasteiger partial charge is 0.323 e. The van der Waals surface area contributed by atoms with E-state index in [0.29, 0.717) is 38.8 Å². The number of carboxylic acids is 3. The number of halogens is 2. The molecule has 4 N–H and O–H groups in total. The molecule has 0 saturated carbocycles. The number of carboxylic acid groups (broad SMARTS) is 3. The molecule has 11 rings (SSSR count). The molecular formula is C62H62F2N6O10S2. The van der Waals surface area contributed by atoms with E-state index in [-0.39, 0.29) is 48.5 Å². The first kappa shape index (κ1) is 59.5. The number of aliphatic carboxylic acids is 3. The molecule has 16 nitrogen and oxygen atoms in total. The van der Waals surface area contributed by atoms with Crippen molar-refractivity contribution in [2.45, 2.75) is 102 Å². The molecule has 5 aromatic heterocycles. The number of rotatable bonds is 15. The molecular weight excluding hydrogens is 1090 g/mol. The summed E-state index contributed by atoms with van der Waals surface area (Å²) in [4.78, 5) is 43.0. The third-order valence-electron chi connectivity index (χ3n) is 14.7. The number of carbonyl (C=O) groups is 3. The lowest BCUT2D eigenvalue weighted by Crippen LogP contribution is -2.39. The average molecular weight is 1150 g/mol. The standard InChI is InChI=1S/C21H21FN2O4S.C21H17FN2O2.C19H20N2O4S.CH4/c22-14-5-8-16(9-6-14)29(27,28)23-15-7-10-20-18(13-15)17-3-1-2-4-19(17)24(20)12-11-21(25)26;1-13-17(11-16-8-6-14-4-2-3-5-19(14)23-16)18-10-15(22)7-9-20(18)24(13)12-21(25)26;1-12-9-15(26(3,24)25)7-6-14(12)11-21-13(2)17(10-18(22)23)16-5-4-8-20-19(16)21;/h1-6,8-9,15,23H,7,10-13H2,(H,25,26);2-10H,11-12H2,1H3,(H,25,26);4-9H,10-11H2,1-3H3,(H,22,23);1H4/t15-;;;/m1.../s1. The summed E-state index contributed by atoms with van der Waals surface area (Å²) in [7, 11) is -7.00. The first-order chi connectivity index (χ1) is 38.6. The number of hydrogen-bond donors (Lipinski definition) is 4. The predicted molar refractivity (Wildman–Crippen MR) is 311 cm³/mol. The van der Waals surface area contributed by atoms with Crippen LogP contribution in [0, 0.1) is 32.4 Å². The monoisotopic (exact) mass is 1150 g/mol. The SMILES string of the molecule is C.Cc1c(Cc2ccc3ccccc3n2)c2cc(F)ccc2n1CC(=O)O.Cc1cc(S(C)(=O)=O)ccc1Cn1c(C)c(CC(=O)O)c2cccnc21.O=C(O)CCn1c2c(c3ccccc31)C[C@H](NS(=O)(=O)c1ccc(F)cc1)CC2. The largest absolute Gasteiger partial charge is 0.481 e. The van der Waals surface area contributed by atoms with Crippen LogP contribution in [0.4, 0.5) is 8.78 Å². The summed E-state index contributed by atoms with van der Waals surface area (Å²) in [6.07, 6.45) is 5.14. The minimum atomic E-state index is -3.75. The summed E-state index contributed by atoms with van der Waals surface area (Å²) in [6, 6.07) is 37.3. The van der Waals surface area contributed by atoms with Gasteiger partial charge in [-0.3, -0.25) is 19.4 Å². The molecule has 0 unspecified atom stereocenters. The van der Waals surface area contributed by atoms with E-state index in [0.717, 1.165) is 106 Å². The summed E-state index contributed by atoms with van der Waals surface area (Å²) in [5.41, 5.74) is 11.5. The molecule has 426 valence electrons. The molecule has 0 spiro atoms. The van der Waals surface area contributed by atoms with Crippen LogP contribution in [0.5, 0.6) is 0 Å². The second-order valence-electron chi connectivity index (χ2n) is 20.1. The van der Waals surface area contributed by atoms with Crippen LogP contribution in [0.3, 0.4) is 0 Å². The summed E-state index contributed by atoms with van der Waals surface area (Å²) in [6.45, 7) is 6.36. The van der Waals surface area contributed by atoms with Gasteiger partial charge in [0.25, 0.3) is 0 Å². The van der Waals surface area contributed by atoms with Crippen LogP contribution in [-0.4, -0.2) is 86.0 Å². The van der Waals surface area contributed by atoms with E-state index in [1.54, 1.807) is 41.1 Å². The Morgan fingerprint density at radius 1 is 0.683 bits per heavy atom. The molecule has 5 aromatic carbocycles. The first-order valence-electron chi connectivity index (χ1n) is 25.9. The number of para-hydroxylation sites is 2. The van der Waals surface area contributed by atoms with Gasteiger partial charge in [0.05, 0.1) is 28.1 Å². The second kappa shape index (κ2) is 24.6. The van der Waals surface area contributed by atoms with Gasteiger partial charge in [-0.2, -0.15) is 0 Å². The van der Waals surface area contributed by atoms with Crippen molar-refractivity contribution in [3.63, 3.8) is 0 Å². The molecule has 0 bridgehead atoms. The molecule has 1 aliphatic rings. The Bertz CT molecular complexity index is 4310. The van der Waals surface area contributed by atoms with Crippen LogP contribution < -0.4 is 4.72 Å². The third kappa shape index (κ3) is 13.1. The number of sulfonamides is 1. The van der Waals surface area contributed by atoms with Gasteiger partial charge in [0.15, 0.2) is 9.84 Å². The zero-order valence-corrected chi connectivity index (χ0v) is 46.4. The van der Waals surface area contributed by atoms with Crippen molar-refractivity contribution >= 4 is 81.5 Å². The Morgan fingerprint density at radius 3 is 2.06 bits per heavy atom. The summed E-state index contributed by atoms with van der Waals surface area (Å²) >= 11 is 0. The van der Waals surface area contributed by atoms with Gasteiger partial charge in [0.1, 0.15) is 23.8 Å². The Morgan fingerprint density at radius 2 is 1.35 bits per heavy atom. The van der Waals surface area contributed by atoms with E-state index >= 15 is 0 Å². The molecule has 1 atom stereocenters. The Hall–Kier alpha value is -8.59. The molecule has 10 aromatic rings. The number of aromatic nitrogens is 5. The molecule has 0 amide bonds. The van der Waals surface area contributed by atoms with Gasteiger partial charge in [-0.25, -0.2) is 35.3 Å². The number of hydrogen-bond acceptors (Lipinski definition) is 9. The van der Waals surface area contributed by atoms with E-state index in [2.05, 4.69) is 9.71 Å². The van der Waals surface area contributed by atoms with Crippen LogP contribution in [0.1, 0.15) is 70.9 Å². The minimum absolute atomic E-state index is 0. The lowest BCUT2D eigenvalue weighted by molar-refractivity contribution is -0.138. The van der Waals surface area contributed by atoms with Crippen molar-refractivity contribution in [1.82, 2.24) is 28.4 Å². The number of fused-ring (bicyclic) bond motifs is 6. The van der Waals surface area contributed by atoms with Crippen LogP contribution >= 0.6 is 0 Å². The number of pyridine rings is 2. The highest BCUT2D eigenvalue weighted by Crippen LogP contribution is 2.34. The first-order valence-corrected chi connectivity index (χ1v) is 29.3. The van der Waals surface area contributed by atoms with Crippen LogP contribution in [0.2, 0.25) is 0 Å². The van der Waals surface area contributed by atoms with Gasteiger partial charge in [-0.1, -0.05) is 56.0 Å². The molecule has 1 aliphatic carbocycles. The van der Waals surface area contributed by atoms with Crippen molar-refractivity contribution in [2.24, 2.45) is 0 Å². The molecule has 5 heterocycles. The second-order valence-corrected chi connectivity index (χ2v) is 23.8. The number of nitrogens with one attached hydrogen (secondary N) is 1. The fourth-order valence-corrected chi connectivity index (χ4v) is 12.7. The van der Waals surface area contributed by atoms with Crippen LogP contribution in [0.25, 0.3) is 43.7 Å². The highest BCUT2D eigenvalue weighted by Gasteiger charge is 2.29. The molecule has 0 saturated heterocycles. The van der Waals surface area contributed by atoms with Crippen molar-refractivity contribution in [3.05, 3.63) is 202 Å². The molecule has 82 heavy (non-hydrogen) atoms. The van der Waals surface area contributed by atoms with E-state index in [9.17, 15) is 50.2 Å². The Balaban J connectivity index is 0.000000160. The summed E-state index contributed by atoms with van der Waals surface area (Å²) in [5.74, 6) is -3.48. The quantitative estimate of drug-likeness (QED) is 0.0751. The lowest BCUT2D eigenvalue weighted by Gasteiger charge is -2.25. The molecule has 0 radical (unpaired) electrons. The minimum Gasteiger partial charge on any atom is -0.481 e. The van der Waals surface area contributed by atoms with E-state index < -0.39 is 43.6 Å². The van der Waals surface area contributed by atoms with E-state index in [1.807, 2.05) is 96.6 Å². The van der Waals surface area contributed by atoms with Gasteiger partial charge in [-0.15, -0.1) is 0 Å². The Labute approximate surface area is 473 Å².